The van der Waals surface area contributed by atoms with E-state index in [1.807, 2.05) is 0 Å². The lowest BCUT2D eigenvalue weighted by Crippen LogP contribution is -2.25. The number of benzene rings is 1. The molecular weight excluding hydrogens is 244 g/mol. The molecule has 90 valence electrons. The van der Waals surface area contributed by atoms with Crippen molar-refractivity contribution in [1.82, 2.24) is 0 Å². The van der Waals surface area contributed by atoms with Gasteiger partial charge in [0.15, 0.2) is 0 Å². The molecule has 1 atom stereocenters. The lowest BCUT2D eigenvalue weighted by Gasteiger charge is -2.17. The van der Waals surface area contributed by atoms with E-state index in [-0.39, 0.29) is 23.3 Å². The van der Waals surface area contributed by atoms with Gasteiger partial charge >= 0.3 is 5.97 Å². The Morgan fingerprint density at radius 2 is 2.18 bits per heavy atom. The van der Waals surface area contributed by atoms with Gasteiger partial charge in [0.25, 0.3) is 0 Å². The van der Waals surface area contributed by atoms with E-state index < -0.39 is 5.97 Å². The lowest BCUT2D eigenvalue weighted by atomic mass is 10.1. The fraction of sp³-hybridized carbons (Fsp3) is 0.273. The number of nitrogen functional groups attached to an aromatic ring is 1. The summed E-state index contributed by atoms with van der Waals surface area (Å²) in [6, 6.07) is 4.34. The van der Waals surface area contributed by atoms with Crippen molar-refractivity contribution in [3.05, 3.63) is 23.8 Å². The standard InChI is InChI=1S/C11H11ClN2O3/c12-7-3-10(15)14(5-7)9-2-6(11(16)17)1-8(13)4-9/h1-2,4,7H,3,5,13H2,(H,16,17). The van der Waals surface area contributed by atoms with Crippen LogP contribution in [0, 0.1) is 0 Å². The topological polar surface area (TPSA) is 83.6 Å². The van der Waals surface area contributed by atoms with Crippen molar-refractivity contribution in [3.63, 3.8) is 0 Å². The van der Waals surface area contributed by atoms with Crippen LogP contribution < -0.4 is 10.6 Å². The van der Waals surface area contributed by atoms with Crippen LogP contribution in [0.2, 0.25) is 0 Å². The van der Waals surface area contributed by atoms with E-state index in [1.165, 1.54) is 17.0 Å². The average Bonchev–Trinajstić information content (AvgIpc) is 2.57. The van der Waals surface area contributed by atoms with Crippen LogP contribution in [0.5, 0.6) is 0 Å². The number of carboxylic acids is 1. The molecule has 1 unspecified atom stereocenters. The molecule has 1 fully saturated rings. The monoisotopic (exact) mass is 254 g/mol. The van der Waals surface area contributed by atoms with Crippen LogP contribution in [0.3, 0.4) is 0 Å². The summed E-state index contributed by atoms with van der Waals surface area (Å²) >= 11 is 5.88. The Hall–Kier alpha value is -1.75. The van der Waals surface area contributed by atoms with Gasteiger partial charge in [-0.2, -0.15) is 0 Å². The first-order valence-corrected chi connectivity index (χ1v) is 5.49. The SMILES string of the molecule is Nc1cc(C(=O)O)cc(N2CC(Cl)CC2=O)c1. The molecule has 1 aromatic carbocycles. The summed E-state index contributed by atoms with van der Waals surface area (Å²) in [6.45, 7) is 0.378. The molecule has 1 heterocycles. The van der Waals surface area contributed by atoms with Crippen molar-refractivity contribution in [2.45, 2.75) is 11.8 Å². The van der Waals surface area contributed by atoms with Gasteiger partial charge in [0.2, 0.25) is 5.91 Å². The molecule has 1 saturated heterocycles. The Labute approximate surface area is 103 Å². The van der Waals surface area contributed by atoms with Crippen LogP contribution in [-0.2, 0) is 4.79 Å². The summed E-state index contributed by atoms with van der Waals surface area (Å²) in [7, 11) is 0. The molecule has 5 nitrogen and oxygen atoms in total. The molecule has 0 saturated carbocycles. The van der Waals surface area contributed by atoms with Gasteiger partial charge in [-0.1, -0.05) is 0 Å². The van der Waals surface area contributed by atoms with Crippen LogP contribution in [0.25, 0.3) is 0 Å². The van der Waals surface area contributed by atoms with Crippen molar-refractivity contribution in [3.8, 4) is 0 Å². The minimum Gasteiger partial charge on any atom is -0.478 e. The summed E-state index contributed by atoms with van der Waals surface area (Å²) in [6.07, 6.45) is 0.263. The third-order valence-electron chi connectivity index (χ3n) is 2.58. The molecule has 1 aliphatic heterocycles. The van der Waals surface area contributed by atoms with Crippen LogP contribution in [-0.4, -0.2) is 28.9 Å². The summed E-state index contributed by atoms with van der Waals surface area (Å²) in [4.78, 5) is 24.0. The zero-order valence-electron chi connectivity index (χ0n) is 8.89. The molecule has 1 amide bonds. The predicted octanol–water partition coefficient (Wildman–Crippen LogP) is 1.31. The fourth-order valence-electron chi connectivity index (χ4n) is 1.83. The van der Waals surface area contributed by atoms with Crippen LogP contribution in [0.4, 0.5) is 11.4 Å². The van der Waals surface area contributed by atoms with Gasteiger partial charge in [0.05, 0.1) is 10.9 Å². The molecule has 0 aromatic heterocycles. The summed E-state index contributed by atoms with van der Waals surface area (Å²) in [5.41, 5.74) is 6.46. The number of carboxylic acid groups (broad SMARTS) is 1. The number of carbonyl (C=O) groups is 2. The van der Waals surface area contributed by atoms with Crippen molar-refractivity contribution in [1.29, 1.82) is 0 Å². The van der Waals surface area contributed by atoms with Gasteiger partial charge in [-0.3, -0.25) is 4.79 Å². The van der Waals surface area contributed by atoms with Crippen molar-refractivity contribution >= 4 is 34.9 Å². The highest BCUT2D eigenvalue weighted by molar-refractivity contribution is 6.24. The van der Waals surface area contributed by atoms with E-state index in [0.717, 1.165) is 0 Å². The van der Waals surface area contributed by atoms with E-state index in [9.17, 15) is 9.59 Å². The number of rotatable bonds is 2. The van der Waals surface area contributed by atoms with Gasteiger partial charge in [0.1, 0.15) is 0 Å². The molecular formula is C11H11ClN2O3. The third-order valence-corrected chi connectivity index (χ3v) is 2.87. The van der Waals surface area contributed by atoms with Crippen molar-refractivity contribution in [2.24, 2.45) is 0 Å². The summed E-state index contributed by atoms with van der Waals surface area (Å²) in [5.74, 6) is -1.19. The number of nitrogens with zero attached hydrogens (tertiary/aromatic N) is 1. The molecule has 0 bridgehead atoms. The van der Waals surface area contributed by atoms with Gasteiger partial charge in [-0.15, -0.1) is 11.6 Å². The molecule has 0 spiro atoms. The number of hydrogen-bond donors (Lipinski definition) is 2. The maximum Gasteiger partial charge on any atom is 0.335 e. The molecule has 0 aliphatic carbocycles. The highest BCUT2D eigenvalue weighted by Gasteiger charge is 2.29. The van der Waals surface area contributed by atoms with Crippen LogP contribution in [0.1, 0.15) is 16.8 Å². The van der Waals surface area contributed by atoms with E-state index in [0.29, 0.717) is 17.9 Å². The Kier molecular flexibility index (Phi) is 2.93. The number of nitrogens with two attached hydrogens (primary N) is 1. The Morgan fingerprint density at radius 3 is 2.71 bits per heavy atom. The Balaban J connectivity index is 2.39. The van der Waals surface area contributed by atoms with E-state index >= 15 is 0 Å². The summed E-state index contributed by atoms with van der Waals surface area (Å²) in [5, 5.41) is 8.67. The molecule has 1 aromatic rings. The highest BCUT2D eigenvalue weighted by atomic mass is 35.5. The minimum atomic E-state index is -1.08. The molecule has 6 heteroatoms. The number of carbonyl (C=O) groups excluding carboxylic acids is 1. The van der Waals surface area contributed by atoms with E-state index in [2.05, 4.69) is 0 Å². The van der Waals surface area contributed by atoms with Gasteiger partial charge in [0, 0.05) is 24.3 Å². The summed E-state index contributed by atoms with van der Waals surface area (Å²) < 4.78 is 0. The Bertz CT molecular complexity index is 490. The van der Waals surface area contributed by atoms with E-state index in [4.69, 9.17) is 22.4 Å². The second-order valence-electron chi connectivity index (χ2n) is 3.92. The first-order valence-electron chi connectivity index (χ1n) is 5.05. The number of anilines is 2. The predicted molar refractivity (Wildman–Crippen MR) is 64.4 cm³/mol. The zero-order chi connectivity index (χ0) is 12.6. The number of amides is 1. The van der Waals surface area contributed by atoms with Gasteiger partial charge in [-0.25, -0.2) is 4.79 Å². The number of aromatic carboxylic acids is 1. The second-order valence-corrected chi connectivity index (χ2v) is 4.54. The van der Waals surface area contributed by atoms with Crippen LogP contribution in [0.15, 0.2) is 18.2 Å². The Morgan fingerprint density at radius 1 is 1.47 bits per heavy atom. The molecule has 1 aliphatic rings. The zero-order valence-corrected chi connectivity index (χ0v) is 9.65. The lowest BCUT2D eigenvalue weighted by molar-refractivity contribution is -0.117. The smallest absolute Gasteiger partial charge is 0.335 e. The first-order chi connectivity index (χ1) is 7.97. The van der Waals surface area contributed by atoms with Crippen molar-refractivity contribution in [2.75, 3.05) is 17.2 Å². The quantitative estimate of drug-likeness (QED) is 0.616. The fourth-order valence-corrected chi connectivity index (χ4v) is 2.10. The van der Waals surface area contributed by atoms with Gasteiger partial charge < -0.3 is 15.7 Å². The molecule has 0 radical (unpaired) electrons. The average molecular weight is 255 g/mol. The number of hydrogen-bond acceptors (Lipinski definition) is 3. The normalized spacial score (nSPS) is 19.7. The number of halogens is 1. The molecule has 17 heavy (non-hydrogen) atoms. The van der Waals surface area contributed by atoms with Gasteiger partial charge in [-0.05, 0) is 18.2 Å². The number of alkyl halides is 1. The first kappa shape index (κ1) is 11.7. The van der Waals surface area contributed by atoms with E-state index in [1.54, 1.807) is 6.07 Å². The maximum absolute atomic E-state index is 11.6. The largest absolute Gasteiger partial charge is 0.478 e. The third kappa shape index (κ3) is 2.34. The second kappa shape index (κ2) is 4.25. The molecule has 2 rings (SSSR count). The van der Waals surface area contributed by atoms with Crippen LogP contribution >= 0.6 is 11.6 Å². The molecule has 3 N–H and O–H groups in total. The highest BCUT2D eigenvalue weighted by Crippen LogP contribution is 2.27. The maximum atomic E-state index is 11.6. The minimum absolute atomic E-state index is 0.0609. The van der Waals surface area contributed by atoms with Crippen molar-refractivity contribution < 1.29 is 14.7 Å².